The third kappa shape index (κ3) is 2.54. The van der Waals surface area contributed by atoms with Gasteiger partial charge in [-0.25, -0.2) is 9.78 Å². The molecule has 4 heteroatoms. The number of hydrogen-bond acceptors (Lipinski definition) is 3. The molecule has 0 fully saturated rings. The molecule has 0 aliphatic heterocycles. The lowest BCUT2D eigenvalue weighted by Gasteiger charge is -2.11. The molecule has 1 N–H and O–H groups in total. The number of carbonyl (C=O) groups is 1. The molecule has 0 radical (unpaired) electrons. The molecule has 1 aromatic heterocycles. The van der Waals surface area contributed by atoms with Gasteiger partial charge in [0, 0.05) is 11.1 Å². The summed E-state index contributed by atoms with van der Waals surface area (Å²) >= 11 is 1.50. The average Bonchev–Trinajstić information content (AvgIpc) is 2.35. The van der Waals surface area contributed by atoms with E-state index < -0.39 is 5.97 Å². The van der Waals surface area contributed by atoms with E-state index in [0.29, 0.717) is 5.56 Å². The van der Waals surface area contributed by atoms with Crippen molar-refractivity contribution in [2.24, 2.45) is 0 Å². The minimum Gasteiger partial charge on any atom is -0.478 e. The van der Waals surface area contributed by atoms with Crippen LogP contribution in [-0.4, -0.2) is 16.1 Å². The van der Waals surface area contributed by atoms with E-state index in [1.807, 2.05) is 38.1 Å². The Bertz CT molecular complexity index is 582. The largest absolute Gasteiger partial charge is 0.478 e. The predicted molar refractivity (Wildman–Crippen MR) is 71.2 cm³/mol. The highest BCUT2D eigenvalue weighted by Crippen LogP contribution is 2.33. The summed E-state index contributed by atoms with van der Waals surface area (Å²) in [5.74, 6) is -0.893. The van der Waals surface area contributed by atoms with Gasteiger partial charge in [0.1, 0.15) is 5.03 Å². The van der Waals surface area contributed by atoms with Gasteiger partial charge < -0.3 is 5.11 Å². The van der Waals surface area contributed by atoms with Crippen molar-refractivity contribution in [1.29, 1.82) is 0 Å². The van der Waals surface area contributed by atoms with E-state index in [9.17, 15) is 4.79 Å². The Morgan fingerprint density at radius 1 is 1.22 bits per heavy atom. The van der Waals surface area contributed by atoms with Crippen molar-refractivity contribution < 1.29 is 9.90 Å². The Kier molecular flexibility index (Phi) is 3.67. The molecule has 0 spiro atoms. The van der Waals surface area contributed by atoms with E-state index in [0.717, 1.165) is 21.0 Å². The van der Waals surface area contributed by atoms with E-state index in [1.54, 1.807) is 12.3 Å². The van der Waals surface area contributed by atoms with Gasteiger partial charge in [-0.3, -0.25) is 0 Å². The maximum atomic E-state index is 11.1. The zero-order valence-corrected chi connectivity index (χ0v) is 11.0. The molecule has 0 bridgehead atoms. The van der Waals surface area contributed by atoms with E-state index >= 15 is 0 Å². The summed E-state index contributed by atoms with van der Waals surface area (Å²) in [6, 6.07) is 9.17. The molecule has 0 aliphatic rings. The average molecular weight is 259 g/mol. The highest BCUT2D eigenvalue weighted by atomic mass is 32.2. The van der Waals surface area contributed by atoms with Crippen LogP contribution in [0.2, 0.25) is 0 Å². The van der Waals surface area contributed by atoms with Crippen LogP contribution in [0.3, 0.4) is 0 Å². The van der Waals surface area contributed by atoms with Crippen LogP contribution >= 0.6 is 11.8 Å². The Morgan fingerprint density at radius 3 is 2.61 bits per heavy atom. The van der Waals surface area contributed by atoms with E-state index in [2.05, 4.69) is 4.98 Å². The van der Waals surface area contributed by atoms with Crippen molar-refractivity contribution >= 4 is 17.7 Å². The molecule has 0 aliphatic carbocycles. The second kappa shape index (κ2) is 5.23. The minimum absolute atomic E-state index is 0.346. The monoisotopic (exact) mass is 259 g/mol. The highest BCUT2D eigenvalue weighted by molar-refractivity contribution is 7.99. The summed E-state index contributed by atoms with van der Waals surface area (Å²) in [4.78, 5) is 16.3. The number of benzene rings is 1. The van der Waals surface area contributed by atoms with Crippen LogP contribution in [0.25, 0.3) is 0 Å². The minimum atomic E-state index is -0.893. The molecular formula is C14H13NO2S. The molecule has 1 aromatic carbocycles. The van der Waals surface area contributed by atoms with Gasteiger partial charge in [0.15, 0.2) is 0 Å². The first-order chi connectivity index (χ1) is 8.59. The number of carboxylic acids is 1. The second-order valence-corrected chi connectivity index (χ2v) is 4.99. The third-order valence-corrected chi connectivity index (χ3v) is 3.96. The molecule has 0 amide bonds. The first kappa shape index (κ1) is 12.6. The van der Waals surface area contributed by atoms with Crippen molar-refractivity contribution in [1.82, 2.24) is 4.98 Å². The molecule has 2 rings (SSSR count). The fourth-order valence-electron chi connectivity index (χ4n) is 1.73. The molecular weight excluding hydrogens is 246 g/mol. The molecule has 2 aromatic rings. The number of pyridine rings is 1. The third-order valence-electron chi connectivity index (χ3n) is 2.68. The Hall–Kier alpha value is -1.81. The summed E-state index contributed by atoms with van der Waals surface area (Å²) in [5.41, 5.74) is 2.20. The van der Waals surface area contributed by atoms with Crippen LogP contribution in [0.5, 0.6) is 0 Å². The standard InChI is InChI=1S/C14H13NO2S/c1-9-6-7-11(14(16)17)10(2)13(9)18-12-5-3-4-8-15-12/h3-8H,1-2H3,(H,16,17). The van der Waals surface area contributed by atoms with Crippen molar-refractivity contribution in [3.8, 4) is 0 Å². The summed E-state index contributed by atoms with van der Waals surface area (Å²) in [5, 5.41) is 9.99. The van der Waals surface area contributed by atoms with Gasteiger partial charge in [-0.05, 0) is 43.2 Å². The highest BCUT2D eigenvalue weighted by Gasteiger charge is 2.13. The van der Waals surface area contributed by atoms with E-state index in [-0.39, 0.29) is 0 Å². The number of aromatic nitrogens is 1. The summed E-state index contributed by atoms with van der Waals surface area (Å²) in [7, 11) is 0. The van der Waals surface area contributed by atoms with Crippen molar-refractivity contribution in [3.63, 3.8) is 0 Å². The van der Waals surface area contributed by atoms with Crippen molar-refractivity contribution in [2.75, 3.05) is 0 Å². The van der Waals surface area contributed by atoms with Crippen LogP contribution in [0.1, 0.15) is 21.5 Å². The Labute approximate surface area is 110 Å². The second-order valence-electron chi connectivity index (χ2n) is 3.96. The van der Waals surface area contributed by atoms with Gasteiger partial charge >= 0.3 is 5.97 Å². The zero-order chi connectivity index (χ0) is 13.1. The Balaban J connectivity index is 2.44. The zero-order valence-electron chi connectivity index (χ0n) is 10.2. The normalized spacial score (nSPS) is 10.3. The van der Waals surface area contributed by atoms with Gasteiger partial charge in [0.2, 0.25) is 0 Å². The van der Waals surface area contributed by atoms with Gasteiger partial charge in [0.25, 0.3) is 0 Å². The smallest absolute Gasteiger partial charge is 0.335 e. The SMILES string of the molecule is Cc1ccc(C(=O)O)c(C)c1Sc1ccccn1. The topological polar surface area (TPSA) is 50.2 Å². The fourth-order valence-corrected chi connectivity index (χ4v) is 2.69. The number of carboxylic acid groups (broad SMARTS) is 1. The lowest BCUT2D eigenvalue weighted by atomic mass is 10.1. The number of aromatic carboxylic acids is 1. The van der Waals surface area contributed by atoms with Gasteiger partial charge in [-0.1, -0.05) is 23.9 Å². The molecule has 92 valence electrons. The molecule has 0 saturated carbocycles. The van der Waals surface area contributed by atoms with E-state index in [1.165, 1.54) is 11.8 Å². The van der Waals surface area contributed by atoms with Gasteiger partial charge in [-0.2, -0.15) is 0 Å². The van der Waals surface area contributed by atoms with Crippen LogP contribution in [0.15, 0.2) is 46.5 Å². The molecule has 1 heterocycles. The van der Waals surface area contributed by atoms with Crippen LogP contribution in [0, 0.1) is 13.8 Å². The first-order valence-corrected chi connectivity index (χ1v) is 6.33. The fraction of sp³-hybridized carbons (Fsp3) is 0.143. The molecule has 0 unspecified atom stereocenters. The van der Waals surface area contributed by atoms with Crippen LogP contribution in [0.4, 0.5) is 0 Å². The number of rotatable bonds is 3. The number of aryl methyl sites for hydroxylation is 1. The predicted octanol–water partition coefficient (Wildman–Crippen LogP) is 3.55. The van der Waals surface area contributed by atoms with Crippen LogP contribution in [-0.2, 0) is 0 Å². The van der Waals surface area contributed by atoms with Crippen molar-refractivity contribution in [2.45, 2.75) is 23.8 Å². The quantitative estimate of drug-likeness (QED) is 0.915. The summed E-state index contributed by atoms with van der Waals surface area (Å²) < 4.78 is 0. The molecule has 18 heavy (non-hydrogen) atoms. The van der Waals surface area contributed by atoms with E-state index in [4.69, 9.17) is 5.11 Å². The molecule has 3 nitrogen and oxygen atoms in total. The molecule has 0 atom stereocenters. The van der Waals surface area contributed by atoms with Crippen molar-refractivity contribution in [3.05, 3.63) is 53.2 Å². The maximum Gasteiger partial charge on any atom is 0.335 e. The van der Waals surface area contributed by atoms with Gasteiger partial charge in [-0.15, -0.1) is 0 Å². The Morgan fingerprint density at radius 2 is 2.00 bits per heavy atom. The van der Waals surface area contributed by atoms with Crippen LogP contribution < -0.4 is 0 Å². The molecule has 0 saturated heterocycles. The number of hydrogen-bond donors (Lipinski definition) is 1. The summed E-state index contributed by atoms with van der Waals surface area (Å²) in [6.07, 6.45) is 1.73. The lowest BCUT2D eigenvalue weighted by Crippen LogP contribution is -2.01. The summed E-state index contributed by atoms with van der Waals surface area (Å²) in [6.45, 7) is 3.81. The number of nitrogens with zero attached hydrogens (tertiary/aromatic N) is 1. The van der Waals surface area contributed by atoms with Gasteiger partial charge in [0.05, 0.1) is 5.56 Å². The lowest BCUT2D eigenvalue weighted by molar-refractivity contribution is 0.0696. The maximum absolute atomic E-state index is 11.1. The first-order valence-electron chi connectivity index (χ1n) is 5.52.